The fraction of sp³-hybridized carbons (Fsp3) is 0.533. The number of carbonyl (C=O) groups excluding carboxylic acids is 1. The van der Waals surface area contributed by atoms with Crippen molar-refractivity contribution in [3.63, 3.8) is 0 Å². The molecule has 0 saturated heterocycles. The fourth-order valence-electron chi connectivity index (χ4n) is 2.15. The second-order valence-electron chi connectivity index (χ2n) is 4.92. The third-order valence-corrected chi connectivity index (χ3v) is 3.30. The van der Waals surface area contributed by atoms with E-state index >= 15 is 0 Å². The monoisotopic (exact) mass is 262 g/mol. The van der Waals surface area contributed by atoms with Crippen LogP contribution in [-0.2, 0) is 16.1 Å². The first-order chi connectivity index (χ1) is 9.31. The van der Waals surface area contributed by atoms with Gasteiger partial charge in [0.05, 0.1) is 13.2 Å². The lowest BCUT2D eigenvalue weighted by Gasteiger charge is -2.10. The minimum Gasteiger partial charge on any atom is -0.383 e. The van der Waals surface area contributed by atoms with Crippen molar-refractivity contribution >= 4 is 5.91 Å². The molecule has 0 spiro atoms. The molecular formula is C15H22N2O2. The summed E-state index contributed by atoms with van der Waals surface area (Å²) in [5.74, 6) is 0.759. The topological polar surface area (TPSA) is 50.4 Å². The molecule has 0 heterocycles. The van der Waals surface area contributed by atoms with Gasteiger partial charge in [0, 0.05) is 20.2 Å². The van der Waals surface area contributed by atoms with Gasteiger partial charge >= 0.3 is 0 Å². The highest BCUT2D eigenvalue weighted by molar-refractivity contribution is 5.77. The van der Waals surface area contributed by atoms with E-state index in [0.717, 1.165) is 12.5 Å². The summed E-state index contributed by atoms with van der Waals surface area (Å²) in [4.78, 5) is 11.5. The maximum Gasteiger partial charge on any atom is 0.234 e. The Labute approximate surface area is 114 Å². The Morgan fingerprint density at radius 1 is 1.37 bits per heavy atom. The normalized spacial score (nSPS) is 14.4. The van der Waals surface area contributed by atoms with Crippen molar-refractivity contribution in [2.75, 3.05) is 26.8 Å². The zero-order valence-electron chi connectivity index (χ0n) is 11.4. The van der Waals surface area contributed by atoms with Crippen molar-refractivity contribution in [3.8, 4) is 0 Å². The van der Waals surface area contributed by atoms with Crippen LogP contribution in [0.3, 0.4) is 0 Å². The van der Waals surface area contributed by atoms with Crippen molar-refractivity contribution in [2.24, 2.45) is 0 Å². The second-order valence-corrected chi connectivity index (χ2v) is 4.92. The van der Waals surface area contributed by atoms with E-state index in [1.807, 2.05) is 0 Å². The molecule has 1 fully saturated rings. The highest BCUT2D eigenvalue weighted by Gasteiger charge is 2.25. The molecule has 0 bridgehead atoms. The lowest BCUT2D eigenvalue weighted by molar-refractivity contribution is -0.120. The number of hydrogen-bond acceptors (Lipinski definition) is 3. The maximum atomic E-state index is 11.5. The van der Waals surface area contributed by atoms with Crippen LogP contribution in [-0.4, -0.2) is 32.7 Å². The van der Waals surface area contributed by atoms with Crippen LogP contribution in [0.5, 0.6) is 0 Å². The quantitative estimate of drug-likeness (QED) is 0.697. The molecule has 1 aliphatic rings. The summed E-state index contributed by atoms with van der Waals surface area (Å²) >= 11 is 0. The van der Waals surface area contributed by atoms with Crippen LogP contribution in [0.2, 0.25) is 0 Å². The lowest BCUT2D eigenvalue weighted by Crippen LogP contribution is -2.35. The predicted octanol–water partition coefficient (Wildman–Crippen LogP) is 1.42. The summed E-state index contributed by atoms with van der Waals surface area (Å²) in [7, 11) is 1.62. The van der Waals surface area contributed by atoms with Gasteiger partial charge < -0.3 is 15.4 Å². The van der Waals surface area contributed by atoms with Gasteiger partial charge in [-0.3, -0.25) is 4.79 Å². The highest BCUT2D eigenvalue weighted by Crippen LogP contribution is 2.41. The Morgan fingerprint density at radius 2 is 2.16 bits per heavy atom. The van der Waals surface area contributed by atoms with Crippen LogP contribution in [0.4, 0.5) is 0 Å². The molecule has 1 saturated carbocycles. The molecule has 0 atom stereocenters. The number of carbonyl (C=O) groups is 1. The third kappa shape index (κ3) is 4.65. The van der Waals surface area contributed by atoms with Crippen LogP contribution in [0.15, 0.2) is 24.3 Å². The smallest absolute Gasteiger partial charge is 0.234 e. The summed E-state index contributed by atoms with van der Waals surface area (Å²) in [5, 5.41) is 5.99. The molecule has 0 aromatic heterocycles. The van der Waals surface area contributed by atoms with Gasteiger partial charge in [0.25, 0.3) is 0 Å². The van der Waals surface area contributed by atoms with Gasteiger partial charge in [0.1, 0.15) is 0 Å². The number of rotatable bonds is 8. The molecule has 2 N–H and O–H groups in total. The standard InChI is InChI=1S/C15H22N2O2/c1-19-9-8-17-15(18)11-16-10-13-4-2-3-5-14(13)12-6-7-12/h2-5,12,16H,6-11H2,1H3,(H,17,18). The third-order valence-electron chi connectivity index (χ3n) is 3.30. The van der Waals surface area contributed by atoms with Gasteiger partial charge in [0.2, 0.25) is 5.91 Å². The first kappa shape index (κ1) is 14.0. The van der Waals surface area contributed by atoms with E-state index < -0.39 is 0 Å². The Bertz CT molecular complexity index is 416. The van der Waals surface area contributed by atoms with E-state index in [9.17, 15) is 4.79 Å². The number of nitrogens with one attached hydrogen (secondary N) is 2. The molecule has 0 radical (unpaired) electrons. The average molecular weight is 262 g/mol. The number of benzene rings is 1. The van der Waals surface area contributed by atoms with E-state index in [1.54, 1.807) is 7.11 Å². The maximum absolute atomic E-state index is 11.5. The van der Waals surface area contributed by atoms with Crippen molar-refractivity contribution in [2.45, 2.75) is 25.3 Å². The summed E-state index contributed by atoms with van der Waals surface area (Å²) in [6, 6.07) is 8.49. The summed E-state index contributed by atoms with van der Waals surface area (Å²) in [6.45, 7) is 2.22. The fourth-order valence-corrected chi connectivity index (χ4v) is 2.15. The van der Waals surface area contributed by atoms with Crippen molar-refractivity contribution in [1.82, 2.24) is 10.6 Å². The van der Waals surface area contributed by atoms with Crippen LogP contribution < -0.4 is 10.6 Å². The van der Waals surface area contributed by atoms with Crippen molar-refractivity contribution in [1.29, 1.82) is 0 Å². The van der Waals surface area contributed by atoms with Gasteiger partial charge in [0.15, 0.2) is 0 Å². The molecule has 104 valence electrons. The molecular weight excluding hydrogens is 240 g/mol. The zero-order chi connectivity index (χ0) is 13.5. The summed E-state index contributed by atoms with van der Waals surface area (Å²) in [5.41, 5.74) is 2.75. The molecule has 0 unspecified atom stereocenters. The predicted molar refractivity (Wildman–Crippen MR) is 75.0 cm³/mol. The van der Waals surface area contributed by atoms with Crippen LogP contribution in [0.1, 0.15) is 29.9 Å². The second kappa shape index (κ2) is 7.26. The van der Waals surface area contributed by atoms with Gasteiger partial charge in [-0.15, -0.1) is 0 Å². The van der Waals surface area contributed by atoms with E-state index in [2.05, 4.69) is 34.9 Å². The Morgan fingerprint density at radius 3 is 2.89 bits per heavy atom. The minimum atomic E-state index is 0.0148. The first-order valence-corrected chi connectivity index (χ1v) is 6.85. The molecule has 1 aromatic carbocycles. The highest BCUT2D eigenvalue weighted by atomic mass is 16.5. The van der Waals surface area contributed by atoms with Gasteiger partial charge in [-0.1, -0.05) is 24.3 Å². The molecule has 19 heavy (non-hydrogen) atoms. The van der Waals surface area contributed by atoms with E-state index in [4.69, 9.17) is 4.74 Å². The molecule has 0 aliphatic heterocycles. The largest absolute Gasteiger partial charge is 0.383 e. The van der Waals surface area contributed by atoms with Crippen molar-refractivity contribution in [3.05, 3.63) is 35.4 Å². The Kier molecular flexibility index (Phi) is 5.36. The van der Waals surface area contributed by atoms with Crippen molar-refractivity contribution < 1.29 is 9.53 Å². The Hall–Kier alpha value is -1.39. The number of methoxy groups -OCH3 is 1. The summed E-state index contributed by atoms with van der Waals surface area (Å²) < 4.78 is 4.88. The zero-order valence-corrected chi connectivity index (χ0v) is 11.4. The summed E-state index contributed by atoms with van der Waals surface area (Å²) in [6.07, 6.45) is 2.60. The number of ether oxygens (including phenoxy) is 1. The molecule has 1 aromatic rings. The average Bonchev–Trinajstić information content (AvgIpc) is 3.24. The van der Waals surface area contributed by atoms with Gasteiger partial charge in [-0.25, -0.2) is 0 Å². The van der Waals surface area contributed by atoms with Gasteiger partial charge in [-0.2, -0.15) is 0 Å². The minimum absolute atomic E-state index is 0.0148. The number of hydrogen-bond donors (Lipinski definition) is 2. The van der Waals surface area contributed by atoms with Crippen LogP contribution >= 0.6 is 0 Å². The SMILES string of the molecule is COCCNC(=O)CNCc1ccccc1C1CC1. The van der Waals surface area contributed by atoms with E-state index in [0.29, 0.717) is 19.7 Å². The van der Waals surface area contributed by atoms with Gasteiger partial charge in [-0.05, 0) is 29.9 Å². The molecule has 4 nitrogen and oxygen atoms in total. The number of amides is 1. The molecule has 1 aliphatic carbocycles. The van der Waals surface area contributed by atoms with Crippen LogP contribution in [0, 0.1) is 0 Å². The molecule has 1 amide bonds. The lowest BCUT2D eigenvalue weighted by atomic mass is 10.0. The first-order valence-electron chi connectivity index (χ1n) is 6.85. The molecule has 4 heteroatoms. The molecule has 2 rings (SSSR count). The Balaban J connectivity index is 1.72. The van der Waals surface area contributed by atoms with E-state index in [-0.39, 0.29) is 5.91 Å². The van der Waals surface area contributed by atoms with Crippen LogP contribution in [0.25, 0.3) is 0 Å². The van der Waals surface area contributed by atoms with E-state index in [1.165, 1.54) is 24.0 Å².